The first kappa shape index (κ1) is 14.2. The predicted octanol–water partition coefficient (Wildman–Crippen LogP) is 1.61. The van der Waals surface area contributed by atoms with Gasteiger partial charge in [0.1, 0.15) is 5.82 Å². The number of carboxylic acids is 1. The number of methoxy groups -OCH3 is 1. The summed E-state index contributed by atoms with van der Waals surface area (Å²) in [4.78, 5) is 14.3. The van der Waals surface area contributed by atoms with Gasteiger partial charge >= 0.3 is 12.1 Å². The van der Waals surface area contributed by atoms with Gasteiger partial charge in [0, 0.05) is 13.3 Å². The molecule has 5 nitrogen and oxygen atoms in total. The SMILES string of the molecule is COC(CNc1cc(C(F)(F)F)ccn1)C(=O)O. The second-order valence-corrected chi connectivity index (χ2v) is 3.37. The van der Waals surface area contributed by atoms with E-state index in [4.69, 9.17) is 5.11 Å². The predicted molar refractivity (Wildman–Crippen MR) is 56.2 cm³/mol. The number of carbonyl (C=O) groups is 1. The maximum atomic E-state index is 12.4. The van der Waals surface area contributed by atoms with Crippen molar-refractivity contribution in [2.75, 3.05) is 19.0 Å². The lowest BCUT2D eigenvalue weighted by Crippen LogP contribution is -2.30. The smallest absolute Gasteiger partial charge is 0.416 e. The summed E-state index contributed by atoms with van der Waals surface area (Å²) in [5.74, 6) is -1.27. The first-order valence-electron chi connectivity index (χ1n) is 4.87. The highest BCUT2D eigenvalue weighted by molar-refractivity contribution is 5.73. The topological polar surface area (TPSA) is 71.5 Å². The number of aliphatic carboxylic acids is 1. The summed E-state index contributed by atoms with van der Waals surface area (Å²) in [6, 6.07) is 1.63. The highest BCUT2D eigenvalue weighted by Gasteiger charge is 2.30. The number of carboxylic acid groups (broad SMARTS) is 1. The zero-order chi connectivity index (χ0) is 13.8. The first-order chi connectivity index (χ1) is 8.34. The van der Waals surface area contributed by atoms with Crippen LogP contribution in [0.2, 0.25) is 0 Å². The van der Waals surface area contributed by atoms with Crippen LogP contribution in [0.25, 0.3) is 0 Å². The minimum atomic E-state index is -4.47. The third-order valence-electron chi connectivity index (χ3n) is 2.12. The summed E-state index contributed by atoms with van der Waals surface area (Å²) in [5.41, 5.74) is -0.857. The molecule has 1 rings (SSSR count). The Morgan fingerprint density at radius 2 is 2.28 bits per heavy atom. The molecule has 1 unspecified atom stereocenters. The fourth-order valence-corrected chi connectivity index (χ4v) is 1.17. The fourth-order valence-electron chi connectivity index (χ4n) is 1.17. The van der Waals surface area contributed by atoms with E-state index in [0.29, 0.717) is 0 Å². The number of nitrogens with zero attached hydrogens (tertiary/aromatic N) is 1. The standard InChI is InChI=1S/C10H11F3N2O3/c1-18-7(9(16)17)5-15-8-4-6(2-3-14-8)10(11,12)13/h2-4,7H,5H2,1H3,(H,14,15)(H,16,17). The highest BCUT2D eigenvalue weighted by Crippen LogP contribution is 2.29. The van der Waals surface area contributed by atoms with Crippen LogP contribution in [0.5, 0.6) is 0 Å². The maximum Gasteiger partial charge on any atom is 0.416 e. The Labute approximate surface area is 101 Å². The Hall–Kier alpha value is -1.83. The van der Waals surface area contributed by atoms with Crippen LogP contribution in [0, 0.1) is 0 Å². The fraction of sp³-hybridized carbons (Fsp3) is 0.400. The number of ether oxygens (including phenoxy) is 1. The number of nitrogens with one attached hydrogen (secondary N) is 1. The molecule has 1 atom stereocenters. The van der Waals surface area contributed by atoms with Gasteiger partial charge in [0.15, 0.2) is 6.10 Å². The second kappa shape index (κ2) is 5.67. The maximum absolute atomic E-state index is 12.4. The third kappa shape index (κ3) is 3.88. The summed E-state index contributed by atoms with van der Waals surface area (Å²) in [5, 5.41) is 11.1. The molecule has 1 heterocycles. The Bertz CT molecular complexity index is 423. The Morgan fingerprint density at radius 3 is 2.78 bits per heavy atom. The van der Waals surface area contributed by atoms with Crippen molar-refractivity contribution in [3.05, 3.63) is 23.9 Å². The largest absolute Gasteiger partial charge is 0.479 e. The minimum Gasteiger partial charge on any atom is -0.479 e. The summed E-state index contributed by atoms with van der Waals surface area (Å²) in [6.07, 6.45) is -4.62. The Balaban J connectivity index is 2.71. The van der Waals surface area contributed by atoms with Crippen LogP contribution in [0.4, 0.5) is 19.0 Å². The zero-order valence-electron chi connectivity index (χ0n) is 9.36. The number of anilines is 1. The molecule has 1 aromatic heterocycles. The van der Waals surface area contributed by atoms with E-state index in [2.05, 4.69) is 15.0 Å². The molecule has 8 heteroatoms. The number of alkyl halides is 3. The molecule has 100 valence electrons. The summed E-state index contributed by atoms with van der Waals surface area (Å²) in [7, 11) is 1.19. The molecule has 0 spiro atoms. The van der Waals surface area contributed by atoms with E-state index in [1.54, 1.807) is 0 Å². The first-order valence-corrected chi connectivity index (χ1v) is 4.87. The van der Waals surface area contributed by atoms with Crippen molar-refractivity contribution in [2.24, 2.45) is 0 Å². The van der Waals surface area contributed by atoms with Gasteiger partial charge < -0.3 is 15.2 Å². The minimum absolute atomic E-state index is 0.0619. The van der Waals surface area contributed by atoms with Gasteiger partial charge in [-0.1, -0.05) is 0 Å². The number of pyridine rings is 1. The number of hydrogen-bond donors (Lipinski definition) is 2. The van der Waals surface area contributed by atoms with Crippen molar-refractivity contribution in [1.29, 1.82) is 0 Å². The molecule has 0 aliphatic rings. The molecular formula is C10H11F3N2O3. The normalized spacial score (nSPS) is 13.1. The molecule has 0 radical (unpaired) electrons. The lowest BCUT2D eigenvalue weighted by molar-refractivity contribution is -0.147. The molecule has 0 fully saturated rings. The average Bonchev–Trinajstić information content (AvgIpc) is 2.28. The van der Waals surface area contributed by atoms with Gasteiger partial charge in [0.05, 0.1) is 12.1 Å². The van der Waals surface area contributed by atoms with Crippen molar-refractivity contribution < 1.29 is 27.8 Å². The third-order valence-corrected chi connectivity index (χ3v) is 2.12. The van der Waals surface area contributed by atoms with Crippen molar-refractivity contribution in [3.63, 3.8) is 0 Å². The van der Waals surface area contributed by atoms with Crippen LogP contribution in [0.15, 0.2) is 18.3 Å². The van der Waals surface area contributed by atoms with E-state index in [-0.39, 0.29) is 12.4 Å². The number of aromatic nitrogens is 1. The van der Waals surface area contributed by atoms with Gasteiger partial charge in [-0.15, -0.1) is 0 Å². The zero-order valence-corrected chi connectivity index (χ0v) is 9.36. The molecule has 0 bridgehead atoms. The van der Waals surface area contributed by atoms with E-state index in [1.807, 2.05) is 0 Å². The lowest BCUT2D eigenvalue weighted by Gasteiger charge is -2.13. The van der Waals surface area contributed by atoms with Gasteiger partial charge in [-0.05, 0) is 12.1 Å². The van der Waals surface area contributed by atoms with Crippen LogP contribution in [0.3, 0.4) is 0 Å². The molecule has 0 amide bonds. The van der Waals surface area contributed by atoms with Crippen LogP contribution in [-0.2, 0) is 15.7 Å². The van der Waals surface area contributed by atoms with Gasteiger partial charge in [-0.3, -0.25) is 0 Å². The van der Waals surface area contributed by atoms with Gasteiger partial charge in [0.2, 0.25) is 0 Å². The van der Waals surface area contributed by atoms with Crippen molar-refractivity contribution in [2.45, 2.75) is 12.3 Å². The van der Waals surface area contributed by atoms with Crippen molar-refractivity contribution in [3.8, 4) is 0 Å². The Morgan fingerprint density at radius 1 is 1.61 bits per heavy atom. The summed E-state index contributed by atoms with van der Waals surface area (Å²) < 4.78 is 41.8. The monoisotopic (exact) mass is 264 g/mol. The molecule has 0 saturated carbocycles. The molecular weight excluding hydrogens is 253 g/mol. The highest BCUT2D eigenvalue weighted by atomic mass is 19.4. The van der Waals surface area contributed by atoms with Crippen LogP contribution >= 0.6 is 0 Å². The van der Waals surface area contributed by atoms with Crippen molar-refractivity contribution in [1.82, 2.24) is 4.98 Å². The second-order valence-electron chi connectivity index (χ2n) is 3.37. The molecule has 1 aromatic rings. The number of rotatable bonds is 5. The quantitative estimate of drug-likeness (QED) is 0.845. The van der Waals surface area contributed by atoms with Gasteiger partial charge in [-0.2, -0.15) is 13.2 Å². The van der Waals surface area contributed by atoms with Gasteiger partial charge in [0.25, 0.3) is 0 Å². The van der Waals surface area contributed by atoms with E-state index < -0.39 is 23.8 Å². The molecule has 0 aliphatic heterocycles. The molecule has 0 aromatic carbocycles. The lowest BCUT2D eigenvalue weighted by atomic mass is 10.2. The number of hydrogen-bond acceptors (Lipinski definition) is 4. The van der Waals surface area contributed by atoms with E-state index in [0.717, 1.165) is 18.3 Å². The van der Waals surface area contributed by atoms with E-state index in [1.165, 1.54) is 7.11 Å². The molecule has 2 N–H and O–H groups in total. The summed E-state index contributed by atoms with van der Waals surface area (Å²) >= 11 is 0. The van der Waals surface area contributed by atoms with Crippen molar-refractivity contribution >= 4 is 11.8 Å². The van der Waals surface area contributed by atoms with Crippen LogP contribution in [-0.4, -0.2) is 35.8 Å². The average molecular weight is 264 g/mol. The van der Waals surface area contributed by atoms with E-state index >= 15 is 0 Å². The molecule has 18 heavy (non-hydrogen) atoms. The van der Waals surface area contributed by atoms with Gasteiger partial charge in [-0.25, -0.2) is 9.78 Å². The van der Waals surface area contributed by atoms with Crippen LogP contribution < -0.4 is 5.32 Å². The molecule has 0 saturated heterocycles. The Kier molecular flexibility index (Phi) is 4.49. The number of halogens is 3. The molecule has 0 aliphatic carbocycles. The van der Waals surface area contributed by atoms with E-state index in [9.17, 15) is 18.0 Å². The van der Waals surface area contributed by atoms with Crippen LogP contribution in [0.1, 0.15) is 5.56 Å². The summed E-state index contributed by atoms with van der Waals surface area (Å²) in [6.45, 7) is -0.180.